The Morgan fingerprint density at radius 2 is 2.32 bits per heavy atom. The average molecular weight is 257 g/mol. The van der Waals surface area contributed by atoms with Crippen LogP contribution in [0.5, 0.6) is 0 Å². The molecule has 0 spiro atoms. The summed E-state index contributed by atoms with van der Waals surface area (Å²) >= 11 is 0. The predicted octanol–water partition coefficient (Wildman–Crippen LogP) is 0.800. The van der Waals surface area contributed by atoms with Gasteiger partial charge in [-0.25, -0.2) is 4.98 Å². The van der Waals surface area contributed by atoms with Crippen LogP contribution in [0.1, 0.15) is 29.4 Å². The van der Waals surface area contributed by atoms with Crippen molar-refractivity contribution >= 4 is 5.91 Å². The number of aromatic nitrogens is 1. The minimum atomic E-state index is -0.232. The van der Waals surface area contributed by atoms with E-state index in [0.29, 0.717) is 11.3 Å². The number of nitrogens with zero attached hydrogens (tertiary/aromatic N) is 3. The molecule has 0 aromatic carbocycles. The van der Waals surface area contributed by atoms with E-state index in [4.69, 9.17) is 10.4 Å². The van der Waals surface area contributed by atoms with Gasteiger partial charge in [0.25, 0.3) is 5.91 Å². The molecule has 0 radical (unpaired) electrons. The lowest BCUT2D eigenvalue weighted by Crippen LogP contribution is -2.35. The minimum absolute atomic E-state index is 0.159. The number of hydrogen-bond donors (Lipinski definition) is 1. The van der Waals surface area contributed by atoms with Crippen molar-refractivity contribution in [3.05, 3.63) is 29.6 Å². The van der Waals surface area contributed by atoms with Gasteiger partial charge in [0.2, 0.25) is 0 Å². The number of aliphatic hydroxyl groups is 1. The Morgan fingerprint density at radius 1 is 1.58 bits per heavy atom. The molecule has 0 aliphatic rings. The van der Waals surface area contributed by atoms with E-state index < -0.39 is 0 Å². The highest BCUT2D eigenvalue weighted by Crippen LogP contribution is 2.07. The summed E-state index contributed by atoms with van der Waals surface area (Å²) in [4.78, 5) is 17.6. The maximum absolute atomic E-state index is 12.1. The Morgan fingerprint density at radius 3 is 2.84 bits per heavy atom. The number of carbonyl (C=O) groups is 1. The van der Waals surface area contributed by atoms with Gasteiger partial charge in [-0.05, 0) is 19.1 Å². The van der Waals surface area contributed by atoms with Crippen molar-refractivity contribution < 1.29 is 9.90 Å². The Kier molecular flexibility index (Phi) is 5.53. The summed E-state index contributed by atoms with van der Waals surface area (Å²) in [6.45, 7) is 1.59. The summed E-state index contributed by atoms with van der Waals surface area (Å²) in [5.74, 6) is 4.98. The summed E-state index contributed by atoms with van der Waals surface area (Å²) in [7, 11) is 1.64. The van der Waals surface area contributed by atoms with Gasteiger partial charge < -0.3 is 10.0 Å². The van der Waals surface area contributed by atoms with Gasteiger partial charge in [0.1, 0.15) is 12.3 Å². The number of pyridine rings is 1. The summed E-state index contributed by atoms with van der Waals surface area (Å²) in [5, 5.41) is 17.2. The zero-order chi connectivity index (χ0) is 14.3. The fraction of sp³-hybridized carbons (Fsp3) is 0.357. The molecule has 98 valence electrons. The van der Waals surface area contributed by atoms with Crippen LogP contribution in [-0.4, -0.2) is 40.6 Å². The highest BCUT2D eigenvalue weighted by Gasteiger charge is 2.18. The zero-order valence-electron chi connectivity index (χ0n) is 10.9. The van der Waals surface area contributed by atoms with Crippen molar-refractivity contribution in [2.24, 2.45) is 0 Å². The Balaban J connectivity index is 2.81. The van der Waals surface area contributed by atoms with E-state index in [9.17, 15) is 4.79 Å². The van der Waals surface area contributed by atoms with Gasteiger partial charge in [0.15, 0.2) is 0 Å². The van der Waals surface area contributed by atoms with Gasteiger partial charge in [0, 0.05) is 24.8 Å². The molecule has 0 fully saturated rings. The third kappa shape index (κ3) is 4.09. The van der Waals surface area contributed by atoms with Gasteiger partial charge in [-0.2, -0.15) is 5.26 Å². The first-order valence-corrected chi connectivity index (χ1v) is 5.80. The number of rotatable bonds is 3. The average Bonchev–Trinajstić information content (AvgIpc) is 2.44. The van der Waals surface area contributed by atoms with E-state index in [1.807, 2.05) is 13.0 Å². The molecule has 0 aliphatic carbocycles. The maximum Gasteiger partial charge on any atom is 0.272 e. The van der Waals surface area contributed by atoms with Gasteiger partial charge in [-0.3, -0.25) is 4.79 Å². The van der Waals surface area contributed by atoms with E-state index in [1.54, 1.807) is 19.2 Å². The van der Waals surface area contributed by atoms with Crippen molar-refractivity contribution in [1.29, 1.82) is 5.26 Å². The molecule has 0 saturated heterocycles. The molecular formula is C14H15N3O2. The molecule has 19 heavy (non-hydrogen) atoms. The van der Waals surface area contributed by atoms with E-state index in [1.165, 1.54) is 11.1 Å². The largest absolute Gasteiger partial charge is 0.384 e. The molecule has 1 aromatic rings. The topological polar surface area (TPSA) is 77.2 Å². The second-order valence-corrected chi connectivity index (χ2v) is 4.02. The molecule has 1 atom stereocenters. The molecule has 5 heteroatoms. The van der Waals surface area contributed by atoms with Crippen LogP contribution in [0.4, 0.5) is 0 Å². The summed E-state index contributed by atoms with van der Waals surface area (Å²) < 4.78 is 0. The summed E-state index contributed by atoms with van der Waals surface area (Å²) in [5.41, 5.74) is 0.945. The monoisotopic (exact) mass is 257 g/mol. The van der Waals surface area contributed by atoms with Crippen molar-refractivity contribution in [3.8, 4) is 17.9 Å². The van der Waals surface area contributed by atoms with Crippen LogP contribution >= 0.6 is 0 Å². The van der Waals surface area contributed by atoms with E-state index in [-0.39, 0.29) is 25.0 Å². The first-order valence-electron chi connectivity index (χ1n) is 5.80. The predicted molar refractivity (Wildman–Crippen MR) is 70.0 cm³/mol. The number of amides is 1. The van der Waals surface area contributed by atoms with Crippen LogP contribution in [0.3, 0.4) is 0 Å². The Hall–Kier alpha value is -2.37. The fourth-order valence-electron chi connectivity index (χ4n) is 1.39. The minimum Gasteiger partial charge on any atom is -0.384 e. The van der Waals surface area contributed by atoms with Gasteiger partial charge in [0.05, 0.1) is 12.5 Å². The van der Waals surface area contributed by atoms with E-state index in [2.05, 4.69) is 16.8 Å². The molecule has 1 aromatic heterocycles. The van der Waals surface area contributed by atoms with Crippen molar-refractivity contribution in [3.63, 3.8) is 0 Å². The van der Waals surface area contributed by atoms with E-state index >= 15 is 0 Å². The Bertz CT molecular complexity index is 535. The van der Waals surface area contributed by atoms with Crippen molar-refractivity contribution in [2.75, 3.05) is 13.7 Å². The lowest BCUT2D eigenvalue weighted by atomic mass is 10.2. The SMILES string of the molecule is CC(CC#N)N(C)C(=O)c1ccc(C#CCO)cn1. The highest BCUT2D eigenvalue weighted by molar-refractivity contribution is 5.92. The Labute approximate surface area is 112 Å². The molecule has 5 nitrogen and oxygen atoms in total. The maximum atomic E-state index is 12.1. The number of hydrogen-bond acceptors (Lipinski definition) is 4. The summed E-state index contributed by atoms with van der Waals surface area (Å²) in [6, 6.07) is 5.13. The molecule has 1 heterocycles. The van der Waals surface area contributed by atoms with E-state index in [0.717, 1.165) is 0 Å². The lowest BCUT2D eigenvalue weighted by molar-refractivity contribution is 0.0740. The molecule has 0 saturated carbocycles. The van der Waals surface area contributed by atoms with Crippen LogP contribution in [0, 0.1) is 23.2 Å². The number of nitriles is 1. The van der Waals surface area contributed by atoms with Crippen LogP contribution in [0.15, 0.2) is 18.3 Å². The molecular weight excluding hydrogens is 242 g/mol. The smallest absolute Gasteiger partial charge is 0.272 e. The molecule has 1 N–H and O–H groups in total. The van der Waals surface area contributed by atoms with Crippen molar-refractivity contribution in [1.82, 2.24) is 9.88 Å². The number of aliphatic hydroxyl groups excluding tert-OH is 1. The first kappa shape index (κ1) is 14.7. The van der Waals surface area contributed by atoms with Crippen LogP contribution in [-0.2, 0) is 0 Å². The normalized spacial score (nSPS) is 10.8. The third-order valence-corrected chi connectivity index (χ3v) is 2.66. The quantitative estimate of drug-likeness (QED) is 0.812. The lowest BCUT2D eigenvalue weighted by Gasteiger charge is -2.22. The van der Waals surface area contributed by atoms with Gasteiger partial charge >= 0.3 is 0 Å². The fourth-order valence-corrected chi connectivity index (χ4v) is 1.39. The molecule has 0 aliphatic heterocycles. The standard InChI is InChI=1S/C14H15N3O2/c1-11(7-8-15)17(2)14(19)13-6-5-12(10-16-13)4-3-9-18/h5-6,10-11,18H,7,9H2,1-2H3. The zero-order valence-corrected chi connectivity index (χ0v) is 10.9. The van der Waals surface area contributed by atoms with Crippen molar-refractivity contribution in [2.45, 2.75) is 19.4 Å². The summed E-state index contributed by atoms with van der Waals surface area (Å²) in [6.07, 6.45) is 1.76. The van der Waals surface area contributed by atoms with Crippen LogP contribution < -0.4 is 0 Å². The third-order valence-electron chi connectivity index (χ3n) is 2.66. The van der Waals surface area contributed by atoms with Gasteiger partial charge in [-0.15, -0.1) is 0 Å². The molecule has 0 bridgehead atoms. The second-order valence-electron chi connectivity index (χ2n) is 4.02. The van der Waals surface area contributed by atoms with Gasteiger partial charge in [-0.1, -0.05) is 11.8 Å². The molecule has 1 amide bonds. The first-order chi connectivity index (χ1) is 9.10. The van der Waals surface area contributed by atoms with Crippen LogP contribution in [0.25, 0.3) is 0 Å². The number of carbonyl (C=O) groups excluding carboxylic acids is 1. The van der Waals surface area contributed by atoms with Crippen LogP contribution in [0.2, 0.25) is 0 Å². The second kappa shape index (κ2) is 7.15. The highest BCUT2D eigenvalue weighted by atomic mass is 16.2. The molecule has 1 rings (SSSR count). The molecule has 1 unspecified atom stereocenters.